The second-order valence-electron chi connectivity index (χ2n) is 4.92. The summed E-state index contributed by atoms with van der Waals surface area (Å²) in [7, 11) is 0. The maximum Gasteiger partial charge on any atom is 0.401 e. The fraction of sp³-hybridized carbons (Fsp3) is 0.571. The smallest absolute Gasteiger partial charge is 0.381 e. The molecule has 1 saturated heterocycles. The molecule has 1 aromatic rings. The van der Waals surface area contributed by atoms with Gasteiger partial charge >= 0.3 is 6.18 Å². The Kier molecular flexibility index (Phi) is 4.82. The average Bonchev–Trinajstić information content (AvgIpc) is 2.87. The fourth-order valence-electron chi connectivity index (χ4n) is 2.36. The number of rotatable bonds is 5. The second-order valence-corrected chi connectivity index (χ2v) is 4.92. The summed E-state index contributed by atoms with van der Waals surface area (Å²) in [5, 5.41) is 2.62. The van der Waals surface area contributed by atoms with E-state index in [4.69, 9.17) is 4.74 Å². The van der Waals surface area contributed by atoms with Gasteiger partial charge in [0.25, 0.3) is 0 Å². The minimum atomic E-state index is -4.18. The molecule has 1 N–H and O–H groups in total. The molecule has 0 spiro atoms. The van der Waals surface area contributed by atoms with Crippen LogP contribution in [0.5, 0.6) is 0 Å². The molecule has 2 nitrogen and oxygen atoms in total. The number of hydrogen-bond acceptors (Lipinski definition) is 2. The van der Waals surface area contributed by atoms with E-state index in [0.29, 0.717) is 25.6 Å². The Bertz CT molecular complexity index is 374. The lowest BCUT2D eigenvalue weighted by atomic mass is 9.94. The highest BCUT2D eigenvalue weighted by Crippen LogP contribution is 2.27. The Morgan fingerprint density at radius 1 is 1.26 bits per heavy atom. The Balaban J connectivity index is 2.00. The van der Waals surface area contributed by atoms with Crippen molar-refractivity contribution in [3.63, 3.8) is 0 Å². The first-order chi connectivity index (χ1) is 9.04. The summed E-state index contributed by atoms with van der Waals surface area (Å²) >= 11 is 0. The summed E-state index contributed by atoms with van der Waals surface area (Å²) in [4.78, 5) is 0. The van der Waals surface area contributed by atoms with E-state index in [0.717, 1.165) is 12.0 Å². The van der Waals surface area contributed by atoms with Crippen LogP contribution in [0.2, 0.25) is 0 Å². The van der Waals surface area contributed by atoms with Gasteiger partial charge in [0.15, 0.2) is 0 Å². The summed E-state index contributed by atoms with van der Waals surface area (Å²) in [5.41, 5.74) is 0.902. The van der Waals surface area contributed by atoms with Gasteiger partial charge in [0.05, 0.1) is 6.54 Å². The highest BCUT2D eigenvalue weighted by Gasteiger charge is 2.29. The van der Waals surface area contributed by atoms with Gasteiger partial charge in [0.2, 0.25) is 0 Å². The monoisotopic (exact) mass is 273 g/mol. The fourth-order valence-corrected chi connectivity index (χ4v) is 2.36. The van der Waals surface area contributed by atoms with Crippen molar-refractivity contribution in [2.24, 2.45) is 5.92 Å². The normalized spacial score (nSPS) is 21.5. The number of hydrogen-bond donors (Lipinski definition) is 1. The van der Waals surface area contributed by atoms with E-state index < -0.39 is 12.7 Å². The lowest BCUT2D eigenvalue weighted by molar-refractivity contribution is -0.126. The van der Waals surface area contributed by atoms with Crippen molar-refractivity contribution in [1.29, 1.82) is 0 Å². The molecule has 2 rings (SSSR count). The molecule has 19 heavy (non-hydrogen) atoms. The maximum absolute atomic E-state index is 12.4. The molecule has 1 aliphatic heterocycles. The topological polar surface area (TPSA) is 21.3 Å². The summed E-state index contributed by atoms with van der Waals surface area (Å²) in [6.45, 7) is 0.405. The van der Waals surface area contributed by atoms with Crippen molar-refractivity contribution >= 4 is 0 Å². The lowest BCUT2D eigenvalue weighted by Crippen LogP contribution is -2.33. The summed E-state index contributed by atoms with van der Waals surface area (Å²) in [6.07, 6.45) is -2.57. The van der Waals surface area contributed by atoms with Crippen molar-refractivity contribution in [3.8, 4) is 0 Å². The molecule has 1 aromatic carbocycles. The van der Waals surface area contributed by atoms with E-state index in [2.05, 4.69) is 5.32 Å². The van der Waals surface area contributed by atoms with Crippen LogP contribution in [0.15, 0.2) is 30.3 Å². The molecule has 0 saturated carbocycles. The molecular weight excluding hydrogens is 255 g/mol. The van der Waals surface area contributed by atoms with Crippen LogP contribution < -0.4 is 5.32 Å². The van der Waals surface area contributed by atoms with Gasteiger partial charge < -0.3 is 10.1 Å². The van der Waals surface area contributed by atoms with Crippen LogP contribution in [0, 0.1) is 5.92 Å². The molecule has 0 amide bonds. The van der Waals surface area contributed by atoms with Gasteiger partial charge in [-0.2, -0.15) is 13.2 Å². The third-order valence-electron chi connectivity index (χ3n) is 3.34. The molecule has 0 aromatic heterocycles. The number of benzene rings is 1. The minimum absolute atomic E-state index is 0.269. The Morgan fingerprint density at radius 2 is 2.00 bits per heavy atom. The largest absolute Gasteiger partial charge is 0.401 e. The molecule has 1 fully saturated rings. The first kappa shape index (κ1) is 14.3. The van der Waals surface area contributed by atoms with E-state index in [9.17, 15) is 13.2 Å². The zero-order valence-corrected chi connectivity index (χ0v) is 10.6. The minimum Gasteiger partial charge on any atom is -0.381 e. The number of nitrogens with one attached hydrogen (secondary N) is 1. The number of halogens is 3. The standard InChI is InChI=1S/C14H18F3NO/c15-14(16,17)10-18-13(8-11-6-7-19-9-11)12-4-2-1-3-5-12/h1-5,11,13,18H,6-10H2/t11-,13-/m0/s1. The van der Waals surface area contributed by atoms with Crippen LogP contribution in [-0.4, -0.2) is 25.9 Å². The Morgan fingerprint density at radius 3 is 2.58 bits per heavy atom. The second kappa shape index (κ2) is 6.39. The highest BCUT2D eigenvalue weighted by atomic mass is 19.4. The molecule has 0 bridgehead atoms. The molecule has 0 aliphatic carbocycles. The first-order valence-corrected chi connectivity index (χ1v) is 6.47. The van der Waals surface area contributed by atoms with Gasteiger partial charge in [-0.05, 0) is 24.3 Å². The van der Waals surface area contributed by atoms with Crippen molar-refractivity contribution in [2.75, 3.05) is 19.8 Å². The molecular formula is C14H18F3NO. The number of ether oxygens (including phenoxy) is 1. The summed E-state index contributed by atoms with van der Waals surface area (Å²) in [6, 6.07) is 9.02. The lowest BCUT2D eigenvalue weighted by Gasteiger charge is -2.22. The van der Waals surface area contributed by atoms with Crippen LogP contribution >= 0.6 is 0 Å². The van der Waals surface area contributed by atoms with Gasteiger partial charge in [-0.1, -0.05) is 30.3 Å². The van der Waals surface area contributed by atoms with Crippen molar-refractivity contribution in [1.82, 2.24) is 5.32 Å². The number of alkyl halides is 3. The summed E-state index contributed by atoms with van der Waals surface area (Å²) < 4.78 is 42.4. The van der Waals surface area contributed by atoms with Gasteiger partial charge in [-0.3, -0.25) is 0 Å². The van der Waals surface area contributed by atoms with Crippen LogP contribution in [-0.2, 0) is 4.74 Å². The van der Waals surface area contributed by atoms with Crippen LogP contribution in [0.3, 0.4) is 0 Å². The maximum atomic E-state index is 12.4. The highest BCUT2D eigenvalue weighted by molar-refractivity contribution is 5.19. The Hall–Kier alpha value is -1.07. The quantitative estimate of drug-likeness (QED) is 0.888. The van der Waals surface area contributed by atoms with Gasteiger partial charge in [0, 0.05) is 19.3 Å². The molecule has 5 heteroatoms. The zero-order chi connectivity index (χ0) is 13.7. The van der Waals surface area contributed by atoms with Crippen molar-refractivity contribution in [2.45, 2.75) is 25.1 Å². The van der Waals surface area contributed by atoms with Crippen molar-refractivity contribution in [3.05, 3.63) is 35.9 Å². The van der Waals surface area contributed by atoms with E-state index in [1.54, 1.807) is 0 Å². The molecule has 0 unspecified atom stereocenters. The average molecular weight is 273 g/mol. The SMILES string of the molecule is FC(F)(F)CN[C@@H](C[C@@H]1CCOC1)c1ccccc1. The van der Waals surface area contributed by atoms with Crippen molar-refractivity contribution < 1.29 is 17.9 Å². The predicted molar refractivity (Wildman–Crippen MR) is 66.8 cm³/mol. The molecule has 2 atom stereocenters. The molecule has 1 heterocycles. The van der Waals surface area contributed by atoms with Gasteiger partial charge in [-0.25, -0.2) is 0 Å². The zero-order valence-electron chi connectivity index (χ0n) is 10.6. The third-order valence-corrected chi connectivity index (χ3v) is 3.34. The Labute approximate surface area is 111 Å². The van der Waals surface area contributed by atoms with Gasteiger partial charge in [-0.15, -0.1) is 0 Å². The van der Waals surface area contributed by atoms with E-state index >= 15 is 0 Å². The van der Waals surface area contributed by atoms with E-state index in [1.165, 1.54) is 0 Å². The summed E-state index contributed by atoms with van der Waals surface area (Å²) in [5.74, 6) is 0.339. The van der Waals surface area contributed by atoms with E-state index in [-0.39, 0.29) is 6.04 Å². The molecule has 1 aliphatic rings. The van der Waals surface area contributed by atoms with Crippen LogP contribution in [0.1, 0.15) is 24.4 Å². The first-order valence-electron chi connectivity index (χ1n) is 6.47. The van der Waals surface area contributed by atoms with E-state index in [1.807, 2.05) is 30.3 Å². The molecule has 106 valence electrons. The molecule has 0 radical (unpaired) electrons. The van der Waals surface area contributed by atoms with Gasteiger partial charge in [0.1, 0.15) is 0 Å². The van der Waals surface area contributed by atoms with Crippen LogP contribution in [0.4, 0.5) is 13.2 Å². The third kappa shape index (κ3) is 4.84. The predicted octanol–water partition coefficient (Wildman–Crippen LogP) is 3.31. The van der Waals surface area contributed by atoms with Crippen LogP contribution in [0.25, 0.3) is 0 Å².